The molecule has 0 saturated heterocycles. The topological polar surface area (TPSA) is 41.9 Å². The van der Waals surface area contributed by atoms with Gasteiger partial charge in [-0.05, 0) is 63.2 Å². The van der Waals surface area contributed by atoms with E-state index in [0.29, 0.717) is 0 Å². The zero-order chi connectivity index (χ0) is 20.0. The van der Waals surface area contributed by atoms with Crippen molar-refractivity contribution in [2.24, 2.45) is 0 Å². The van der Waals surface area contributed by atoms with E-state index in [9.17, 15) is 0 Å². The lowest BCUT2D eigenvalue weighted by atomic mass is 10.0. The molecule has 0 atom stereocenters. The van der Waals surface area contributed by atoms with Gasteiger partial charge in [0.1, 0.15) is 0 Å². The third-order valence-electron chi connectivity index (χ3n) is 4.33. The van der Waals surface area contributed by atoms with Gasteiger partial charge in [-0.15, -0.1) is 0 Å². The van der Waals surface area contributed by atoms with E-state index in [1.165, 1.54) is 38.9 Å². The fourth-order valence-electron chi connectivity index (χ4n) is 3.18. The molecule has 0 amide bonds. The molecule has 0 unspecified atom stereocenters. The summed E-state index contributed by atoms with van der Waals surface area (Å²) in [7, 11) is 0. The summed E-state index contributed by atoms with van der Waals surface area (Å²) in [5.74, 6) is 0. The Morgan fingerprint density at radius 3 is 1.71 bits per heavy atom. The number of rotatable bonds is 8. The fourth-order valence-corrected chi connectivity index (χ4v) is 3.18. The van der Waals surface area contributed by atoms with Crippen molar-refractivity contribution in [3.63, 3.8) is 0 Å². The molecule has 0 bridgehead atoms. The lowest BCUT2D eigenvalue weighted by Crippen LogP contribution is -2.25. The predicted molar refractivity (Wildman–Crippen MR) is 118 cm³/mol. The van der Waals surface area contributed by atoms with Crippen molar-refractivity contribution in [2.45, 2.75) is 40.0 Å². The average Bonchev–Trinajstić information content (AvgIpc) is 2.76. The van der Waals surface area contributed by atoms with Crippen LogP contribution >= 0.6 is 0 Å². The van der Waals surface area contributed by atoms with Gasteiger partial charge in [-0.3, -0.25) is 15.0 Å². The molecule has 0 radical (unpaired) electrons. The molecule has 0 spiro atoms. The number of hydrogen-bond donors (Lipinski definition) is 0. The minimum atomic E-state index is 0.929. The van der Waals surface area contributed by atoms with Crippen molar-refractivity contribution < 1.29 is 0 Å². The van der Waals surface area contributed by atoms with E-state index in [-0.39, 0.29) is 0 Å². The van der Waals surface area contributed by atoms with Crippen molar-refractivity contribution in [1.29, 1.82) is 0 Å². The highest BCUT2D eigenvalue weighted by Crippen LogP contribution is 2.28. The summed E-state index contributed by atoms with van der Waals surface area (Å²) in [4.78, 5) is 15.3. The van der Waals surface area contributed by atoms with Crippen LogP contribution in [0.5, 0.6) is 0 Å². The Hall–Kier alpha value is -2.59. The summed E-state index contributed by atoms with van der Waals surface area (Å²) in [6.45, 7) is 10.6. The van der Waals surface area contributed by atoms with Gasteiger partial charge in [0.15, 0.2) is 0 Å². The predicted octanol–water partition coefficient (Wildman–Crippen LogP) is 5.72. The van der Waals surface area contributed by atoms with E-state index < -0.39 is 0 Å². The highest BCUT2D eigenvalue weighted by Gasteiger charge is 2.07. The SMILES string of the molecule is CCCN(CCC)CCC.c1cncc(-c2cccnc2-c2cccnc2)c1. The minimum Gasteiger partial charge on any atom is -0.303 e. The number of pyridine rings is 3. The van der Waals surface area contributed by atoms with Crippen LogP contribution in [0.3, 0.4) is 0 Å². The van der Waals surface area contributed by atoms with Gasteiger partial charge in [-0.2, -0.15) is 0 Å². The van der Waals surface area contributed by atoms with Gasteiger partial charge in [0.25, 0.3) is 0 Å². The molecule has 0 aliphatic carbocycles. The Kier molecular flexibility index (Phi) is 9.87. The van der Waals surface area contributed by atoms with Gasteiger partial charge in [-0.1, -0.05) is 32.9 Å². The summed E-state index contributed by atoms with van der Waals surface area (Å²) in [5.41, 5.74) is 4.07. The van der Waals surface area contributed by atoms with Crippen LogP contribution < -0.4 is 0 Å². The maximum Gasteiger partial charge on any atom is 0.0796 e. The van der Waals surface area contributed by atoms with Crippen LogP contribution in [0.4, 0.5) is 0 Å². The summed E-state index contributed by atoms with van der Waals surface area (Å²) < 4.78 is 0. The highest BCUT2D eigenvalue weighted by molar-refractivity contribution is 5.79. The number of nitrogens with zero attached hydrogens (tertiary/aromatic N) is 4. The van der Waals surface area contributed by atoms with E-state index in [4.69, 9.17) is 0 Å². The number of hydrogen-bond acceptors (Lipinski definition) is 4. The van der Waals surface area contributed by atoms with Crippen LogP contribution in [0.25, 0.3) is 22.4 Å². The molecule has 0 aliphatic heterocycles. The van der Waals surface area contributed by atoms with Crippen molar-refractivity contribution in [3.8, 4) is 22.4 Å². The molecule has 0 saturated carbocycles. The second-order valence-corrected chi connectivity index (χ2v) is 6.72. The summed E-state index contributed by atoms with van der Waals surface area (Å²) >= 11 is 0. The highest BCUT2D eigenvalue weighted by atomic mass is 15.1. The molecule has 4 heteroatoms. The van der Waals surface area contributed by atoms with Crippen LogP contribution in [-0.2, 0) is 0 Å². The molecule has 0 N–H and O–H groups in total. The van der Waals surface area contributed by atoms with E-state index in [0.717, 1.165) is 22.4 Å². The molecule has 148 valence electrons. The Bertz CT molecular complexity index is 702. The monoisotopic (exact) mass is 376 g/mol. The van der Waals surface area contributed by atoms with Crippen LogP contribution in [0.1, 0.15) is 40.0 Å². The van der Waals surface area contributed by atoms with Gasteiger partial charge in [0, 0.05) is 47.7 Å². The maximum absolute atomic E-state index is 4.46. The first kappa shape index (κ1) is 21.7. The average molecular weight is 377 g/mol. The Labute approximate surface area is 169 Å². The van der Waals surface area contributed by atoms with Crippen molar-refractivity contribution in [2.75, 3.05) is 19.6 Å². The molecule has 4 nitrogen and oxygen atoms in total. The van der Waals surface area contributed by atoms with Crippen LogP contribution in [0, 0.1) is 0 Å². The first-order chi connectivity index (χ1) is 13.8. The first-order valence-electron chi connectivity index (χ1n) is 10.3. The van der Waals surface area contributed by atoms with Gasteiger partial charge < -0.3 is 4.90 Å². The molecule has 3 aromatic heterocycles. The maximum atomic E-state index is 4.46. The molecule has 0 fully saturated rings. The fraction of sp³-hybridized carbons (Fsp3) is 0.375. The van der Waals surface area contributed by atoms with Crippen LogP contribution in [0.2, 0.25) is 0 Å². The van der Waals surface area contributed by atoms with Crippen molar-refractivity contribution >= 4 is 0 Å². The Morgan fingerprint density at radius 1 is 0.679 bits per heavy atom. The lowest BCUT2D eigenvalue weighted by molar-refractivity contribution is 0.275. The Morgan fingerprint density at radius 2 is 1.21 bits per heavy atom. The molecular weight excluding hydrogens is 344 g/mol. The molecule has 0 aromatic carbocycles. The molecule has 28 heavy (non-hydrogen) atoms. The largest absolute Gasteiger partial charge is 0.303 e. The lowest BCUT2D eigenvalue weighted by Gasteiger charge is -2.19. The molecule has 3 heterocycles. The zero-order valence-corrected chi connectivity index (χ0v) is 17.4. The van der Waals surface area contributed by atoms with Crippen LogP contribution in [0.15, 0.2) is 67.4 Å². The standard InChI is InChI=1S/C15H11N3.C9H21N/c1-4-12(10-16-7-1)14-6-3-9-18-15(14)13-5-2-8-17-11-13;1-4-7-10(8-5-2)9-6-3/h1-11H;4-9H2,1-3H3. The van der Waals surface area contributed by atoms with Crippen LogP contribution in [-0.4, -0.2) is 39.5 Å². The molecular formula is C24H32N4. The smallest absolute Gasteiger partial charge is 0.0796 e. The summed E-state index contributed by atoms with van der Waals surface area (Å²) in [5, 5.41) is 0. The second kappa shape index (κ2) is 12.7. The first-order valence-corrected chi connectivity index (χ1v) is 10.3. The minimum absolute atomic E-state index is 0.929. The van der Waals surface area contributed by atoms with Gasteiger partial charge in [0.05, 0.1) is 5.69 Å². The quantitative estimate of drug-likeness (QED) is 0.504. The summed E-state index contributed by atoms with van der Waals surface area (Å²) in [6.07, 6.45) is 12.9. The van der Waals surface area contributed by atoms with Crippen molar-refractivity contribution in [3.05, 3.63) is 67.4 Å². The second-order valence-electron chi connectivity index (χ2n) is 6.72. The normalized spacial score (nSPS) is 10.4. The number of aromatic nitrogens is 3. The molecule has 3 rings (SSSR count). The summed E-state index contributed by atoms with van der Waals surface area (Å²) in [6, 6.07) is 11.9. The van der Waals surface area contributed by atoms with E-state index in [1.807, 2.05) is 48.8 Å². The van der Waals surface area contributed by atoms with Crippen molar-refractivity contribution in [1.82, 2.24) is 19.9 Å². The van der Waals surface area contributed by atoms with E-state index in [2.05, 4.69) is 40.6 Å². The third-order valence-corrected chi connectivity index (χ3v) is 4.33. The zero-order valence-electron chi connectivity index (χ0n) is 17.4. The molecule has 0 aliphatic rings. The van der Waals surface area contributed by atoms with E-state index >= 15 is 0 Å². The third kappa shape index (κ3) is 6.86. The van der Waals surface area contributed by atoms with E-state index in [1.54, 1.807) is 18.6 Å². The Balaban J connectivity index is 0.000000242. The van der Waals surface area contributed by atoms with Gasteiger partial charge >= 0.3 is 0 Å². The van der Waals surface area contributed by atoms with Gasteiger partial charge in [0.2, 0.25) is 0 Å². The van der Waals surface area contributed by atoms with Gasteiger partial charge in [-0.25, -0.2) is 0 Å². The molecule has 3 aromatic rings.